The quantitative estimate of drug-likeness (QED) is 0.283. The molecular weight excluding hydrogens is 538 g/mol. The van der Waals surface area contributed by atoms with Gasteiger partial charge in [0.05, 0.1) is 31.0 Å². The average molecular weight is 570 g/mol. The summed E-state index contributed by atoms with van der Waals surface area (Å²) in [5.74, 6) is 0.310. The number of hydrogen-bond acceptors (Lipinski definition) is 7. The van der Waals surface area contributed by atoms with E-state index in [0.717, 1.165) is 11.1 Å². The first-order valence-corrected chi connectivity index (χ1v) is 13.2. The van der Waals surface area contributed by atoms with Crippen LogP contribution in [0, 0.1) is 20.8 Å². The van der Waals surface area contributed by atoms with Crippen LogP contribution in [0.3, 0.4) is 0 Å². The molecule has 10 nitrogen and oxygen atoms in total. The molecular formula is C32H31N3O7. The maximum Gasteiger partial charge on any atom is 0.295 e. The van der Waals surface area contributed by atoms with Gasteiger partial charge in [-0.1, -0.05) is 24.3 Å². The zero-order valence-corrected chi connectivity index (χ0v) is 24.2. The number of methoxy groups -OCH3 is 2. The highest BCUT2D eigenvalue weighted by molar-refractivity contribution is 5.92. The highest BCUT2D eigenvalue weighted by Gasteiger charge is 2.23. The molecule has 5 aromatic rings. The monoisotopic (exact) mass is 569 g/mol. The molecule has 2 heterocycles. The average Bonchev–Trinajstić information content (AvgIpc) is 3.19. The number of hydrogen-bond donors (Lipinski definition) is 1. The van der Waals surface area contributed by atoms with Crippen LogP contribution < -0.4 is 30.5 Å². The number of ether oxygens (including phenoxy) is 3. The second-order valence-corrected chi connectivity index (χ2v) is 9.89. The molecule has 0 fully saturated rings. The fourth-order valence-electron chi connectivity index (χ4n) is 4.96. The molecule has 1 amide bonds. The molecule has 0 aliphatic heterocycles. The predicted octanol–water partition coefficient (Wildman–Crippen LogP) is 4.91. The zero-order chi connectivity index (χ0) is 30.1. The van der Waals surface area contributed by atoms with Gasteiger partial charge in [0.15, 0.2) is 23.9 Å². The number of benzene rings is 3. The summed E-state index contributed by atoms with van der Waals surface area (Å²) in [4.78, 5) is 40.1. The first-order chi connectivity index (χ1) is 20.1. The summed E-state index contributed by atoms with van der Waals surface area (Å²) in [6, 6.07) is 17.8. The molecule has 5 rings (SSSR count). The van der Waals surface area contributed by atoms with Gasteiger partial charge in [-0.05, 0) is 68.3 Å². The molecule has 2 aromatic heterocycles. The van der Waals surface area contributed by atoms with E-state index >= 15 is 0 Å². The lowest BCUT2D eigenvalue weighted by Crippen LogP contribution is -2.26. The Morgan fingerprint density at radius 3 is 2.33 bits per heavy atom. The molecule has 0 spiro atoms. The maximum atomic E-state index is 13.8. The van der Waals surface area contributed by atoms with E-state index in [1.807, 2.05) is 38.1 Å². The number of para-hydroxylation sites is 1. The van der Waals surface area contributed by atoms with Gasteiger partial charge in [0.2, 0.25) is 11.2 Å². The fourth-order valence-corrected chi connectivity index (χ4v) is 4.96. The highest BCUT2D eigenvalue weighted by atomic mass is 16.5. The molecule has 216 valence electrons. The first-order valence-electron chi connectivity index (χ1n) is 13.2. The second-order valence-electron chi connectivity index (χ2n) is 9.89. The Balaban J connectivity index is 1.52. The molecule has 42 heavy (non-hydrogen) atoms. The molecule has 3 aromatic carbocycles. The summed E-state index contributed by atoms with van der Waals surface area (Å²) in [7, 11) is 4.76. The van der Waals surface area contributed by atoms with E-state index in [0.29, 0.717) is 39.4 Å². The lowest BCUT2D eigenvalue weighted by atomic mass is 10.0. The normalized spacial score (nSPS) is 11.0. The van der Waals surface area contributed by atoms with Crippen LogP contribution in [-0.4, -0.2) is 36.1 Å². The Labute approximate surface area is 241 Å². The number of aromatic nitrogens is 2. The van der Waals surface area contributed by atoms with Gasteiger partial charge in [0.1, 0.15) is 11.3 Å². The lowest BCUT2D eigenvalue weighted by Gasteiger charge is -2.14. The highest BCUT2D eigenvalue weighted by Crippen LogP contribution is 2.37. The predicted molar refractivity (Wildman–Crippen MR) is 160 cm³/mol. The summed E-state index contributed by atoms with van der Waals surface area (Å²) in [6.07, 6.45) is 0. The SMILES string of the molecule is COc1ccc(-c2oc3c(C)cc(C)cc3c(=O)c2OCC(=O)Nc2c(C)n(C)n(-c3ccccc3)c2=O)cc1OC. The van der Waals surface area contributed by atoms with Crippen molar-refractivity contribution in [3.8, 4) is 34.3 Å². The Hall–Kier alpha value is -5.25. The largest absolute Gasteiger partial charge is 0.493 e. The van der Waals surface area contributed by atoms with Gasteiger partial charge >= 0.3 is 0 Å². The molecule has 0 aliphatic rings. The molecule has 0 aliphatic carbocycles. The van der Waals surface area contributed by atoms with Gasteiger partial charge in [-0.2, -0.15) is 0 Å². The summed E-state index contributed by atoms with van der Waals surface area (Å²) in [6.45, 7) is 4.93. The number of anilines is 1. The molecule has 0 radical (unpaired) electrons. The van der Waals surface area contributed by atoms with Crippen molar-refractivity contribution in [3.63, 3.8) is 0 Å². The number of rotatable bonds is 8. The molecule has 0 saturated carbocycles. The van der Waals surface area contributed by atoms with Crippen LogP contribution in [0.25, 0.3) is 28.0 Å². The van der Waals surface area contributed by atoms with E-state index < -0.39 is 23.5 Å². The Morgan fingerprint density at radius 1 is 0.929 bits per heavy atom. The molecule has 0 bridgehead atoms. The summed E-state index contributed by atoms with van der Waals surface area (Å²) in [5.41, 5.74) is 3.07. The Kier molecular flexibility index (Phi) is 7.62. The van der Waals surface area contributed by atoms with Gasteiger partial charge < -0.3 is 23.9 Å². The Bertz CT molecular complexity index is 1930. The Morgan fingerprint density at radius 2 is 1.64 bits per heavy atom. The van der Waals surface area contributed by atoms with E-state index in [1.165, 1.54) is 18.9 Å². The van der Waals surface area contributed by atoms with Crippen molar-refractivity contribution in [2.24, 2.45) is 7.05 Å². The number of amides is 1. The van der Waals surface area contributed by atoms with Gasteiger partial charge in [0.25, 0.3) is 11.5 Å². The van der Waals surface area contributed by atoms with Crippen molar-refractivity contribution in [3.05, 3.63) is 98.1 Å². The number of carbonyl (C=O) groups is 1. The first kappa shape index (κ1) is 28.3. The minimum absolute atomic E-state index is 0.117. The van der Waals surface area contributed by atoms with E-state index in [-0.39, 0.29) is 17.2 Å². The molecule has 0 unspecified atom stereocenters. The number of aryl methyl sites for hydroxylation is 2. The zero-order valence-electron chi connectivity index (χ0n) is 24.2. The number of nitrogens with zero attached hydrogens (tertiary/aromatic N) is 2. The van der Waals surface area contributed by atoms with Crippen molar-refractivity contribution in [2.75, 3.05) is 26.1 Å². The number of nitrogens with one attached hydrogen (secondary N) is 1. The smallest absolute Gasteiger partial charge is 0.295 e. The van der Waals surface area contributed by atoms with E-state index in [9.17, 15) is 14.4 Å². The minimum atomic E-state index is -0.612. The minimum Gasteiger partial charge on any atom is -0.493 e. The van der Waals surface area contributed by atoms with Crippen molar-refractivity contribution in [2.45, 2.75) is 20.8 Å². The van der Waals surface area contributed by atoms with Gasteiger partial charge in [-0.15, -0.1) is 0 Å². The lowest BCUT2D eigenvalue weighted by molar-refractivity contribution is -0.118. The maximum absolute atomic E-state index is 13.8. The van der Waals surface area contributed by atoms with Crippen molar-refractivity contribution in [1.29, 1.82) is 0 Å². The van der Waals surface area contributed by atoms with E-state index in [1.54, 1.807) is 55.1 Å². The van der Waals surface area contributed by atoms with Crippen molar-refractivity contribution < 1.29 is 23.4 Å². The van der Waals surface area contributed by atoms with Crippen LogP contribution in [0.5, 0.6) is 17.2 Å². The third-order valence-electron chi connectivity index (χ3n) is 7.09. The number of carbonyl (C=O) groups excluding carboxylic acids is 1. The van der Waals surface area contributed by atoms with Gasteiger partial charge in [-0.25, -0.2) is 4.68 Å². The van der Waals surface area contributed by atoms with Crippen LogP contribution in [-0.2, 0) is 11.8 Å². The van der Waals surface area contributed by atoms with Crippen LogP contribution in [0.4, 0.5) is 5.69 Å². The standard InChI is InChI=1S/C32H31N3O7/c1-18-14-19(2)29-23(15-18)28(37)31(30(42-29)21-12-13-24(39-5)25(16-21)40-6)41-17-26(36)33-27-20(3)34(4)35(32(27)38)22-10-8-7-9-11-22/h7-16H,17H2,1-6H3,(H,33,36). The third kappa shape index (κ3) is 5.03. The number of fused-ring (bicyclic) bond motifs is 1. The van der Waals surface area contributed by atoms with E-state index in [2.05, 4.69) is 5.32 Å². The topological polar surface area (TPSA) is 114 Å². The van der Waals surface area contributed by atoms with Gasteiger partial charge in [0, 0.05) is 12.6 Å². The van der Waals surface area contributed by atoms with Gasteiger partial charge in [-0.3, -0.25) is 19.1 Å². The van der Waals surface area contributed by atoms with Crippen LogP contribution in [0.15, 0.2) is 74.7 Å². The molecule has 0 saturated heterocycles. The molecule has 1 N–H and O–H groups in total. The van der Waals surface area contributed by atoms with Crippen molar-refractivity contribution >= 4 is 22.6 Å². The second kappa shape index (κ2) is 11.3. The van der Waals surface area contributed by atoms with Crippen LogP contribution >= 0.6 is 0 Å². The van der Waals surface area contributed by atoms with Crippen molar-refractivity contribution in [1.82, 2.24) is 9.36 Å². The van der Waals surface area contributed by atoms with Crippen LogP contribution in [0.1, 0.15) is 16.8 Å². The molecule has 10 heteroatoms. The third-order valence-corrected chi connectivity index (χ3v) is 7.09. The van der Waals surface area contributed by atoms with E-state index in [4.69, 9.17) is 18.6 Å². The van der Waals surface area contributed by atoms with Crippen LogP contribution in [0.2, 0.25) is 0 Å². The summed E-state index contributed by atoms with van der Waals surface area (Å²) in [5, 5.41) is 2.99. The summed E-state index contributed by atoms with van der Waals surface area (Å²) < 4.78 is 26.0. The summed E-state index contributed by atoms with van der Waals surface area (Å²) >= 11 is 0. The fraction of sp³-hybridized carbons (Fsp3) is 0.219. The molecule has 0 atom stereocenters.